The van der Waals surface area contributed by atoms with Crippen LogP contribution < -0.4 is 20.3 Å². The van der Waals surface area contributed by atoms with Gasteiger partial charge >= 0.3 is 0 Å². The van der Waals surface area contributed by atoms with Crippen LogP contribution in [0.1, 0.15) is 46.4 Å². The van der Waals surface area contributed by atoms with Gasteiger partial charge < -0.3 is 29.9 Å². The summed E-state index contributed by atoms with van der Waals surface area (Å²) in [6, 6.07) is 15.3. The third-order valence-electron chi connectivity index (χ3n) is 11.2. The lowest BCUT2D eigenvalue weighted by molar-refractivity contribution is -0.136. The molecule has 1 atom stereocenters. The average Bonchev–Trinajstić information content (AvgIpc) is 3.50. The Labute approximate surface area is 365 Å². The predicted octanol–water partition coefficient (Wildman–Crippen LogP) is 4.91. The number of nitrogens with zero attached hydrogens (tertiary/aromatic N) is 6. The van der Waals surface area contributed by atoms with Crippen molar-refractivity contribution in [3.63, 3.8) is 0 Å². The third-order valence-corrected chi connectivity index (χ3v) is 11.5. The molecule has 0 spiro atoms. The van der Waals surface area contributed by atoms with E-state index < -0.39 is 35.5 Å². The van der Waals surface area contributed by atoms with E-state index in [1.165, 1.54) is 29.2 Å². The molecule has 0 saturated carbocycles. The highest BCUT2D eigenvalue weighted by atomic mass is 35.5. The van der Waals surface area contributed by atoms with Crippen LogP contribution in [0.4, 0.5) is 16.2 Å². The van der Waals surface area contributed by atoms with Gasteiger partial charge in [0.15, 0.2) is 5.82 Å². The predicted molar refractivity (Wildman–Crippen MR) is 232 cm³/mol. The number of anilines is 2. The first kappa shape index (κ1) is 42.5. The summed E-state index contributed by atoms with van der Waals surface area (Å²) in [4.78, 5) is 90.9. The van der Waals surface area contributed by atoms with Gasteiger partial charge in [-0.25, -0.2) is 9.37 Å². The molecule has 3 aliphatic heterocycles. The Morgan fingerprint density at radius 1 is 0.968 bits per heavy atom. The summed E-state index contributed by atoms with van der Waals surface area (Å²) >= 11 is 6.87. The zero-order chi connectivity index (χ0) is 44.5. The molecule has 18 heteroatoms. The van der Waals surface area contributed by atoms with Gasteiger partial charge in [-0.15, -0.1) is 0 Å². The van der Waals surface area contributed by atoms with Crippen molar-refractivity contribution >= 4 is 80.5 Å². The molecule has 324 valence electrons. The maximum absolute atomic E-state index is 16.9. The van der Waals surface area contributed by atoms with Gasteiger partial charge in [-0.3, -0.25) is 39.0 Å². The van der Waals surface area contributed by atoms with Crippen molar-refractivity contribution in [2.75, 3.05) is 63.6 Å². The van der Waals surface area contributed by atoms with Gasteiger partial charge in [-0.1, -0.05) is 41.9 Å². The number of aromatic nitrogens is 2. The first-order valence-corrected chi connectivity index (χ1v) is 20.7. The minimum Gasteiger partial charge on any atom is -0.508 e. The quantitative estimate of drug-likeness (QED) is 0.0873. The number of carbonyl (C=O) groups excluding carboxylic acids is 6. The summed E-state index contributed by atoms with van der Waals surface area (Å²) in [6.45, 7) is 1.72. The van der Waals surface area contributed by atoms with Crippen LogP contribution in [0.2, 0.25) is 5.02 Å². The van der Waals surface area contributed by atoms with Gasteiger partial charge in [0.1, 0.15) is 28.9 Å². The number of ether oxygens (including phenoxy) is 1. The van der Waals surface area contributed by atoms with E-state index in [4.69, 9.17) is 21.3 Å². The van der Waals surface area contributed by atoms with Crippen molar-refractivity contribution in [3.8, 4) is 22.6 Å². The van der Waals surface area contributed by atoms with Crippen LogP contribution in [0.3, 0.4) is 0 Å². The minimum absolute atomic E-state index is 0.00825. The smallest absolute Gasteiger partial charge is 0.262 e. The van der Waals surface area contributed by atoms with Crippen LogP contribution in [-0.2, 0) is 19.2 Å². The highest BCUT2D eigenvalue weighted by molar-refractivity contribution is 6.35. The normalized spacial score (nSPS) is 16.6. The van der Waals surface area contributed by atoms with Crippen molar-refractivity contribution in [2.24, 2.45) is 0 Å². The van der Waals surface area contributed by atoms with Crippen molar-refractivity contribution in [1.29, 1.82) is 0 Å². The second-order valence-electron chi connectivity index (χ2n) is 15.5. The van der Waals surface area contributed by atoms with Crippen molar-refractivity contribution in [3.05, 3.63) is 94.8 Å². The number of hydrogen-bond acceptors (Lipinski definition) is 12. The molecule has 5 aromatic rings. The Kier molecular flexibility index (Phi) is 11.9. The highest BCUT2D eigenvalue weighted by Gasteiger charge is 2.44. The van der Waals surface area contributed by atoms with Crippen molar-refractivity contribution in [2.45, 2.75) is 31.7 Å². The molecular formula is C45H42ClFN8O8. The molecule has 4 heterocycles. The molecule has 8 rings (SSSR count). The molecule has 3 aliphatic rings. The van der Waals surface area contributed by atoms with Gasteiger partial charge in [-0.2, -0.15) is 4.98 Å². The number of carbonyl (C=O) groups is 6. The number of rotatable bonds is 12. The number of piperidine rings is 1. The van der Waals surface area contributed by atoms with Gasteiger partial charge in [0, 0.05) is 70.6 Å². The fourth-order valence-corrected chi connectivity index (χ4v) is 8.26. The Morgan fingerprint density at radius 2 is 1.73 bits per heavy atom. The molecule has 16 nitrogen and oxygen atoms in total. The number of imide groups is 2. The second kappa shape index (κ2) is 17.7. The summed E-state index contributed by atoms with van der Waals surface area (Å²) < 4.78 is 22.7. The van der Waals surface area contributed by atoms with Crippen LogP contribution in [0, 0.1) is 5.82 Å². The molecule has 0 aliphatic carbocycles. The Morgan fingerprint density at radius 3 is 2.49 bits per heavy atom. The summed E-state index contributed by atoms with van der Waals surface area (Å²) in [7, 11) is 3.31. The van der Waals surface area contributed by atoms with E-state index in [0.717, 1.165) is 4.90 Å². The van der Waals surface area contributed by atoms with E-state index in [1.807, 2.05) is 29.2 Å². The SMILES string of the molecule is CN(C)C(=O)CCNc1nc(N2CCN(C(=O)/C=C/CCOc3ccc4c(c3)C(=O)N(C3CCC(=O)NC3=O)C4=O)CC2)c2cc(Cl)c(-c3cc(O)cc4ccccc34)c(F)c2n1. The molecule has 4 aromatic carbocycles. The summed E-state index contributed by atoms with van der Waals surface area (Å²) in [6.07, 6.45) is 3.72. The number of hydrogen-bond donors (Lipinski definition) is 3. The number of phenolic OH excluding ortho intramolecular Hbond substituents is 1. The Balaban J connectivity index is 0.932. The molecule has 0 radical (unpaired) electrons. The van der Waals surface area contributed by atoms with Crippen LogP contribution in [0.15, 0.2) is 72.8 Å². The Hall–Kier alpha value is -7.14. The Bertz CT molecular complexity index is 2760. The second-order valence-corrected chi connectivity index (χ2v) is 15.9. The lowest BCUT2D eigenvalue weighted by Gasteiger charge is -2.35. The first-order valence-electron chi connectivity index (χ1n) is 20.3. The number of halogens is 2. The van der Waals surface area contributed by atoms with E-state index in [2.05, 4.69) is 15.6 Å². The van der Waals surface area contributed by atoms with Crippen LogP contribution in [0.5, 0.6) is 11.5 Å². The number of piperazine rings is 1. The maximum Gasteiger partial charge on any atom is 0.262 e. The highest BCUT2D eigenvalue weighted by Crippen LogP contribution is 2.42. The van der Waals surface area contributed by atoms with Gasteiger partial charge in [0.2, 0.25) is 29.6 Å². The van der Waals surface area contributed by atoms with E-state index in [1.54, 1.807) is 43.3 Å². The minimum atomic E-state index is -1.07. The standard InChI is InChI=1S/C45H42ClFN8O8/c1-52(2)36(58)14-15-48-45-50-40-32(24-33(46)38(39(40)47)30-22-26(56)21-25-7-3-4-8-28(25)30)41(51-45)54-18-16-53(17-19-54)37(59)9-5-6-20-63-27-10-11-29-31(23-27)44(62)55(43(29)61)34-12-13-35(57)49-42(34)60/h3-5,7-11,21-24,34,56H,6,12-20H2,1-2H3,(H,48,50,51)(H,49,57,60)/b9-5+. The van der Waals surface area contributed by atoms with E-state index in [9.17, 15) is 33.9 Å². The zero-order valence-corrected chi connectivity index (χ0v) is 35.1. The van der Waals surface area contributed by atoms with Crippen LogP contribution in [0.25, 0.3) is 32.8 Å². The third kappa shape index (κ3) is 8.55. The number of phenols is 1. The molecule has 1 aromatic heterocycles. The van der Waals surface area contributed by atoms with Crippen molar-refractivity contribution < 1.29 is 43.0 Å². The average molecular weight is 877 g/mol. The number of benzene rings is 4. The monoisotopic (exact) mass is 876 g/mol. The number of nitrogens with one attached hydrogen (secondary N) is 2. The van der Waals surface area contributed by atoms with Gasteiger partial charge in [-0.05, 0) is 71.7 Å². The van der Waals surface area contributed by atoms with Gasteiger partial charge in [0.25, 0.3) is 11.8 Å². The molecule has 1 unspecified atom stereocenters. The lowest BCUT2D eigenvalue weighted by Crippen LogP contribution is -2.54. The maximum atomic E-state index is 16.9. The van der Waals surface area contributed by atoms with E-state index >= 15 is 4.39 Å². The number of aromatic hydroxyl groups is 1. The fourth-order valence-electron chi connectivity index (χ4n) is 7.97. The molecule has 2 saturated heterocycles. The molecule has 2 fully saturated rings. The van der Waals surface area contributed by atoms with Crippen LogP contribution in [-0.4, -0.2) is 125 Å². The lowest BCUT2D eigenvalue weighted by atomic mass is 9.96. The zero-order valence-electron chi connectivity index (χ0n) is 34.3. The summed E-state index contributed by atoms with van der Waals surface area (Å²) in [5.41, 5.74) is 0.701. The fraction of sp³-hybridized carbons (Fsp3) is 0.289. The van der Waals surface area contributed by atoms with Crippen LogP contribution >= 0.6 is 11.6 Å². The van der Waals surface area contributed by atoms with E-state index in [-0.39, 0.29) is 83.2 Å². The first-order chi connectivity index (χ1) is 30.3. The van der Waals surface area contributed by atoms with E-state index in [0.29, 0.717) is 65.9 Å². The number of fused-ring (bicyclic) bond motifs is 3. The summed E-state index contributed by atoms with van der Waals surface area (Å²) in [5.74, 6) is -2.64. The molecule has 63 heavy (non-hydrogen) atoms. The molecule has 3 N–H and O–H groups in total. The van der Waals surface area contributed by atoms with Gasteiger partial charge in [0.05, 0.1) is 22.8 Å². The molecule has 0 bridgehead atoms. The molecular weight excluding hydrogens is 835 g/mol. The summed E-state index contributed by atoms with van der Waals surface area (Å²) in [5, 5.41) is 17.6. The topological polar surface area (TPSA) is 195 Å². The largest absolute Gasteiger partial charge is 0.508 e. The molecule has 6 amide bonds. The number of amides is 6. The van der Waals surface area contributed by atoms with Crippen molar-refractivity contribution in [1.82, 2.24) is 30.0 Å².